The van der Waals surface area contributed by atoms with Gasteiger partial charge in [-0.3, -0.25) is 4.79 Å². The number of hydrogen-bond acceptors (Lipinski definition) is 3. The molecule has 0 radical (unpaired) electrons. The summed E-state index contributed by atoms with van der Waals surface area (Å²) >= 11 is 5.89. The summed E-state index contributed by atoms with van der Waals surface area (Å²) < 4.78 is 0. The van der Waals surface area contributed by atoms with Crippen molar-refractivity contribution >= 4 is 23.3 Å². The molecule has 0 spiro atoms. The summed E-state index contributed by atoms with van der Waals surface area (Å²) in [5, 5.41) is 12.3. The molecule has 0 saturated carbocycles. The van der Waals surface area contributed by atoms with Gasteiger partial charge in [-0.2, -0.15) is 0 Å². The molecule has 0 bridgehead atoms. The van der Waals surface area contributed by atoms with Crippen LogP contribution in [-0.2, 0) is 11.2 Å². The summed E-state index contributed by atoms with van der Waals surface area (Å²) in [5.74, 6) is 0.0633. The Kier molecular flexibility index (Phi) is 4.27. The zero-order valence-corrected chi connectivity index (χ0v) is 11.2. The van der Waals surface area contributed by atoms with Gasteiger partial charge in [-0.15, -0.1) is 0 Å². The standard InChI is InChI=1S/C13H16ClN3O2/c14-10-4-1-3-9(7-10)8-12(18)17-6-2-5-11(17)13(15)16-19/h1,3-4,7,11,19H,2,5-6,8H2,(H2,15,16). The molecule has 5 nitrogen and oxygen atoms in total. The SMILES string of the molecule is NC(=NO)C1CCCN1C(=O)Cc1cccc(Cl)c1. The highest BCUT2D eigenvalue weighted by Gasteiger charge is 2.31. The number of carbonyl (C=O) groups is 1. The van der Waals surface area contributed by atoms with Gasteiger partial charge in [-0.05, 0) is 30.5 Å². The molecular weight excluding hydrogens is 266 g/mol. The first-order valence-electron chi connectivity index (χ1n) is 6.13. The predicted molar refractivity (Wildman–Crippen MR) is 73.3 cm³/mol. The Morgan fingerprint density at radius 3 is 3.05 bits per heavy atom. The Morgan fingerprint density at radius 1 is 1.58 bits per heavy atom. The molecule has 1 saturated heterocycles. The summed E-state index contributed by atoms with van der Waals surface area (Å²) in [6.45, 7) is 0.639. The number of nitrogens with two attached hydrogens (primary N) is 1. The quantitative estimate of drug-likeness (QED) is 0.382. The molecule has 3 N–H and O–H groups in total. The van der Waals surface area contributed by atoms with Crippen LogP contribution < -0.4 is 5.73 Å². The summed E-state index contributed by atoms with van der Waals surface area (Å²) in [4.78, 5) is 13.9. The van der Waals surface area contributed by atoms with E-state index in [4.69, 9.17) is 22.5 Å². The minimum Gasteiger partial charge on any atom is -0.409 e. The largest absolute Gasteiger partial charge is 0.409 e. The maximum absolute atomic E-state index is 12.2. The molecule has 1 atom stereocenters. The number of amides is 1. The van der Waals surface area contributed by atoms with Crippen molar-refractivity contribution in [2.75, 3.05) is 6.54 Å². The Morgan fingerprint density at radius 2 is 2.37 bits per heavy atom. The lowest BCUT2D eigenvalue weighted by atomic mass is 10.1. The second-order valence-corrected chi connectivity index (χ2v) is 5.01. The molecular formula is C13H16ClN3O2. The molecule has 1 aliphatic rings. The Balaban J connectivity index is 2.07. The van der Waals surface area contributed by atoms with E-state index in [9.17, 15) is 4.79 Å². The molecule has 1 aliphatic heterocycles. The molecule has 6 heteroatoms. The lowest BCUT2D eigenvalue weighted by Gasteiger charge is -2.23. The molecule has 1 aromatic rings. The summed E-state index contributed by atoms with van der Waals surface area (Å²) in [6.07, 6.45) is 1.87. The van der Waals surface area contributed by atoms with Gasteiger partial charge in [0, 0.05) is 11.6 Å². The maximum Gasteiger partial charge on any atom is 0.227 e. The second-order valence-electron chi connectivity index (χ2n) is 4.58. The van der Waals surface area contributed by atoms with Crippen LogP contribution in [0, 0.1) is 0 Å². The van der Waals surface area contributed by atoms with E-state index in [0.29, 0.717) is 11.6 Å². The van der Waals surface area contributed by atoms with E-state index in [2.05, 4.69) is 5.16 Å². The number of hydrogen-bond donors (Lipinski definition) is 2. The fourth-order valence-corrected chi connectivity index (χ4v) is 2.58. The normalized spacial score (nSPS) is 19.7. The topological polar surface area (TPSA) is 78.9 Å². The molecule has 102 valence electrons. The first-order chi connectivity index (χ1) is 9.11. The van der Waals surface area contributed by atoms with Crippen LogP contribution in [0.1, 0.15) is 18.4 Å². The van der Waals surface area contributed by atoms with E-state index >= 15 is 0 Å². The smallest absolute Gasteiger partial charge is 0.227 e. The molecule has 0 aromatic heterocycles. The first-order valence-corrected chi connectivity index (χ1v) is 6.51. The Bertz CT molecular complexity index is 504. The number of amidine groups is 1. The average molecular weight is 282 g/mol. The van der Waals surface area contributed by atoms with E-state index < -0.39 is 0 Å². The molecule has 1 unspecified atom stereocenters. The third-order valence-electron chi connectivity index (χ3n) is 3.27. The van der Waals surface area contributed by atoms with Crippen molar-refractivity contribution in [1.82, 2.24) is 4.90 Å². The van der Waals surface area contributed by atoms with E-state index in [1.54, 1.807) is 17.0 Å². The van der Waals surface area contributed by atoms with E-state index in [0.717, 1.165) is 18.4 Å². The van der Waals surface area contributed by atoms with Crippen LogP contribution in [0.15, 0.2) is 29.4 Å². The third kappa shape index (κ3) is 3.17. The van der Waals surface area contributed by atoms with Crippen molar-refractivity contribution in [3.63, 3.8) is 0 Å². The molecule has 1 amide bonds. The maximum atomic E-state index is 12.2. The third-order valence-corrected chi connectivity index (χ3v) is 3.51. The molecule has 1 aromatic carbocycles. The molecule has 2 rings (SSSR count). The van der Waals surface area contributed by atoms with Gasteiger partial charge >= 0.3 is 0 Å². The van der Waals surface area contributed by atoms with Gasteiger partial charge in [0.15, 0.2) is 5.84 Å². The fraction of sp³-hybridized carbons (Fsp3) is 0.385. The fourth-order valence-electron chi connectivity index (χ4n) is 2.36. The Hall–Kier alpha value is -1.75. The van der Waals surface area contributed by atoms with Crippen molar-refractivity contribution < 1.29 is 10.0 Å². The van der Waals surface area contributed by atoms with Crippen LogP contribution in [0.5, 0.6) is 0 Å². The molecule has 19 heavy (non-hydrogen) atoms. The number of carbonyl (C=O) groups excluding carboxylic acids is 1. The van der Waals surface area contributed by atoms with E-state index in [1.807, 2.05) is 12.1 Å². The van der Waals surface area contributed by atoms with Crippen molar-refractivity contribution in [2.45, 2.75) is 25.3 Å². The van der Waals surface area contributed by atoms with Gasteiger partial charge in [-0.25, -0.2) is 0 Å². The highest BCUT2D eigenvalue weighted by Crippen LogP contribution is 2.19. The monoisotopic (exact) mass is 281 g/mol. The number of halogens is 1. The lowest BCUT2D eigenvalue weighted by Crippen LogP contribution is -2.44. The predicted octanol–water partition coefficient (Wildman–Crippen LogP) is 1.62. The van der Waals surface area contributed by atoms with Crippen LogP contribution in [0.3, 0.4) is 0 Å². The van der Waals surface area contributed by atoms with Crippen molar-refractivity contribution in [3.05, 3.63) is 34.9 Å². The summed E-state index contributed by atoms with van der Waals surface area (Å²) in [6, 6.07) is 6.92. The van der Waals surface area contributed by atoms with Gasteiger partial charge in [0.1, 0.15) is 0 Å². The number of rotatable bonds is 3. The van der Waals surface area contributed by atoms with Crippen molar-refractivity contribution in [3.8, 4) is 0 Å². The molecule has 0 aliphatic carbocycles. The zero-order valence-electron chi connectivity index (χ0n) is 10.4. The van der Waals surface area contributed by atoms with Gasteiger partial charge in [-0.1, -0.05) is 28.9 Å². The Labute approximate surface area is 116 Å². The van der Waals surface area contributed by atoms with Crippen LogP contribution in [0.2, 0.25) is 5.02 Å². The highest BCUT2D eigenvalue weighted by atomic mass is 35.5. The van der Waals surface area contributed by atoms with Gasteiger partial charge in [0.25, 0.3) is 0 Å². The highest BCUT2D eigenvalue weighted by molar-refractivity contribution is 6.30. The van der Waals surface area contributed by atoms with Crippen LogP contribution in [0.4, 0.5) is 0 Å². The lowest BCUT2D eigenvalue weighted by molar-refractivity contribution is -0.130. The average Bonchev–Trinajstić information content (AvgIpc) is 2.87. The zero-order chi connectivity index (χ0) is 13.8. The van der Waals surface area contributed by atoms with Crippen LogP contribution in [0.25, 0.3) is 0 Å². The number of likely N-dealkylation sites (tertiary alicyclic amines) is 1. The van der Waals surface area contributed by atoms with Crippen LogP contribution in [-0.4, -0.2) is 34.4 Å². The van der Waals surface area contributed by atoms with Crippen molar-refractivity contribution in [1.29, 1.82) is 0 Å². The first kappa shape index (κ1) is 13.7. The number of oxime groups is 1. The van der Waals surface area contributed by atoms with Gasteiger partial charge in [0.05, 0.1) is 12.5 Å². The van der Waals surface area contributed by atoms with Crippen molar-refractivity contribution in [2.24, 2.45) is 10.9 Å². The summed E-state index contributed by atoms with van der Waals surface area (Å²) in [7, 11) is 0. The van der Waals surface area contributed by atoms with E-state index in [-0.39, 0.29) is 24.2 Å². The van der Waals surface area contributed by atoms with E-state index in [1.165, 1.54) is 0 Å². The minimum absolute atomic E-state index is 0.0311. The van der Waals surface area contributed by atoms with Gasteiger partial charge in [0.2, 0.25) is 5.91 Å². The number of benzene rings is 1. The van der Waals surface area contributed by atoms with Crippen LogP contribution >= 0.6 is 11.6 Å². The number of nitrogens with zero attached hydrogens (tertiary/aromatic N) is 2. The van der Waals surface area contributed by atoms with Gasteiger partial charge < -0.3 is 15.8 Å². The molecule has 1 heterocycles. The molecule has 1 fully saturated rings. The minimum atomic E-state index is -0.295. The summed E-state index contributed by atoms with van der Waals surface area (Å²) in [5.41, 5.74) is 6.47. The second kappa shape index (κ2) is 5.93.